The van der Waals surface area contributed by atoms with Crippen LogP contribution in [0.4, 0.5) is 27.6 Å². The summed E-state index contributed by atoms with van der Waals surface area (Å²) in [6, 6.07) is 18.3. The lowest BCUT2D eigenvalue weighted by Crippen LogP contribution is -2.46. The van der Waals surface area contributed by atoms with Gasteiger partial charge in [-0.15, -0.1) is 0 Å². The molecule has 1 aliphatic rings. The molecule has 1 fully saturated rings. The Hall–Kier alpha value is -4.02. The fourth-order valence-corrected chi connectivity index (χ4v) is 6.40. The molecule has 4 rings (SSSR count). The molecule has 3 atom stereocenters. The number of ether oxygens (including phenoxy) is 1. The van der Waals surface area contributed by atoms with Gasteiger partial charge in [0.25, 0.3) is 5.91 Å². The Kier molecular flexibility index (Phi) is 11.3. The van der Waals surface area contributed by atoms with E-state index >= 15 is 0 Å². The van der Waals surface area contributed by atoms with Crippen molar-refractivity contribution in [2.24, 2.45) is 0 Å². The first-order valence-corrected chi connectivity index (χ1v) is 16.9. The molecular formula is C34H36F5N3O4S. The number of nitrogens with zero attached hydrogens (tertiary/aromatic N) is 2. The number of benzene rings is 3. The van der Waals surface area contributed by atoms with Gasteiger partial charge in [-0.2, -0.15) is 27.2 Å². The highest BCUT2D eigenvalue weighted by Crippen LogP contribution is 2.36. The van der Waals surface area contributed by atoms with Gasteiger partial charge in [-0.25, -0.2) is 8.42 Å². The zero-order valence-corrected chi connectivity index (χ0v) is 26.8. The third-order valence-electron chi connectivity index (χ3n) is 8.40. The van der Waals surface area contributed by atoms with Crippen LogP contribution in [0.5, 0.6) is 0 Å². The van der Waals surface area contributed by atoms with Crippen molar-refractivity contribution >= 4 is 21.4 Å². The molecule has 1 saturated heterocycles. The van der Waals surface area contributed by atoms with Crippen LogP contribution in [0, 0.1) is 11.3 Å². The van der Waals surface area contributed by atoms with Gasteiger partial charge in [0, 0.05) is 30.1 Å². The summed E-state index contributed by atoms with van der Waals surface area (Å²) in [6.07, 6.45) is -7.32. The lowest BCUT2D eigenvalue weighted by atomic mass is 9.86. The number of halogens is 5. The van der Waals surface area contributed by atoms with Crippen LogP contribution in [0.25, 0.3) is 0 Å². The molecule has 7 nitrogen and oxygen atoms in total. The van der Waals surface area contributed by atoms with E-state index in [0.717, 1.165) is 12.1 Å². The smallest absolute Gasteiger partial charge is 0.366 e. The maximum atomic E-state index is 14.0. The molecule has 0 saturated carbocycles. The molecule has 2 unspecified atom stereocenters. The second kappa shape index (κ2) is 14.8. The molecular weight excluding hydrogens is 641 g/mol. The molecule has 252 valence electrons. The van der Waals surface area contributed by atoms with E-state index in [4.69, 9.17) is 4.74 Å². The Morgan fingerprint density at radius 2 is 1.62 bits per heavy atom. The number of nitrogens with one attached hydrogen (secondary N) is 1. The third-order valence-corrected chi connectivity index (χ3v) is 10.1. The average Bonchev–Trinajstić information content (AvgIpc) is 3.07. The number of hydrogen-bond acceptors (Lipinski definition) is 6. The van der Waals surface area contributed by atoms with Crippen LogP contribution in [-0.4, -0.2) is 45.4 Å². The highest BCUT2D eigenvalue weighted by atomic mass is 32.2. The van der Waals surface area contributed by atoms with E-state index in [1.54, 1.807) is 36.4 Å². The zero-order chi connectivity index (χ0) is 34.4. The first-order valence-electron chi connectivity index (χ1n) is 15.2. The molecule has 1 amide bonds. The van der Waals surface area contributed by atoms with E-state index in [2.05, 4.69) is 5.32 Å². The van der Waals surface area contributed by atoms with Crippen molar-refractivity contribution in [2.75, 3.05) is 23.8 Å². The minimum absolute atomic E-state index is 0.0626. The molecule has 0 bridgehead atoms. The Balaban J connectivity index is 1.53. The second-order valence-corrected chi connectivity index (χ2v) is 13.7. The lowest BCUT2D eigenvalue weighted by molar-refractivity contribution is -0.241. The van der Waals surface area contributed by atoms with Gasteiger partial charge in [0.05, 0.1) is 47.4 Å². The van der Waals surface area contributed by atoms with Crippen molar-refractivity contribution in [3.63, 3.8) is 0 Å². The maximum absolute atomic E-state index is 14.0. The minimum Gasteiger partial charge on any atom is -0.366 e. The van der Waals surface area contributed by atoms with Gasteiger partial charge in [-0.05, 0) is 72.5 Å². The highest BCUT2D eigenvalue weighted by molar-refractivity contribution is 7.91. The van der Waals surface area contributed by atoms with Gasteiger partial charge < -0.3 is 15.0 Å². The topological polar surface area (TPSA) is 99.5 Å². The Labute approximate surface area is 271 Å². The van der Waals surface area contributed by atoms with Gasteiger partial charge in [0.15, 0.2) is 9.84 Å². The molecule has 3 aromatic carbocycles. The molecule has 0 aromatic heterocycles. The van der Waals surface area contributed by atoms with E-state index in [-0.39, 0.29) is 35.2 Å². The van der Waals surface area contributed by atoms with E-state index in [1.165, 1.54) is 38.1 Å². The number of alkyl halides is 5. The Morgan fingerprint density at radius 3 is 2.17 bits per heavy atom. The highest BCUT2D eigenvalue weighted by Gasteiger charge is 2.35. The van der Waals surface area contributed by atoms with E-state index in [1.807, 2.05) is 11.0 Å². The first-order chi connectivity index (χ1) is 22.2. The zero-order valence-electron chi connectivity index (χ0n) is 25.9. The van der Waals surface area contributed by atoms with Gasteiger partial charge in [0.1, 0.15) is 0 Å². The van der Waals surface area contributed by atoms with Crippen LogP contribution in [0.1, 0.15) is 78.5 Å². The number of sulfone groups is 1. The van der Waals surface area contributed by atoms with Crippen LogP contribution in [0.2, 0.25) is 0 Å². The van der Waals surface area contributed by atoms with Crippen LogP contribution >= 0.6 is 0 Å². The molecule has 1 N–H and O–H groups in total. The fraction of sp³-hybridized carbons (Fsp3) is 0.412. The Bertz CT molecular complexity index is 1660. The molecule has 13 heteroatoms. The van der Waals surface area contributed by atoms with Crippen molar-refractivity contribution in [1.82, 2.24) is 5.32 Å². The van der Waals surface area contributed by atoms with Crippen molar-refractivity contribution in [3.8, 4) is 6.07 Å². The molecule has 1 heterocycles. The minimum atomic E-state index is -4.46. The summed E-state index contributed by atoms with van der Waals surface area (Å²) in [6.45, 7) is 2.92. The number of carbonyl (C=O) groups is 1. The van der Waals surface area contributed by atoms with Crippen LogP contribution in [0.3, 0.4) is 0 Å². The summed E-state index contributed by atoms with van der Waals surface area (Å²) in [5, 5.41) is 12.2. The second-order valence-electron chi connectivity index (χ2n) is 11.4. The van der Waals surface area contributed by atoms with Crippen molar-refractivity contribution < 1.29 is 39.9 Å². The standard InChI is InChI=1S/C34H36F5N3O4S/c1-3-33(35,36)46-22-29-16-9-26(23-5-12-27(13-6-23)34(37,38)39)21-42(29)28-14-7-25(8-15-28)32(43)41-31(19-20-40)24-10-17-30(18-11-24)47(44,45)4-2/h5-8,10-15,17-18,26,29,31H,3-4,9,16,19,21-22H2,1-2H3,(H,41,43)/t26?,29?,31-/m1/s1. The molecule has 3 aromatic rings. The van der Waals surface area contributed by atoms with Crippen LogP contribution in [0.15, 0.2) is 77.7 Å². The van der Waals surface area contributed by atoms with E-state index < -0.39 is 52.1 Å². The predicted molar refractivity (Wildman–Crippen MR) is 167 cm³/mol. The van der Waals surface area contributed by atoms with Gasteiger partial charge in [-0.1, -0.05) is 38.1 Å². The van der Waals surface area contributed by atoms with E-state index in [9.17, 15) is 40.4 Å². The summed E-state index contributed by atoms with van der Waals surface area (Å²) >= 11 is 0. The number of anilines is 1. The summed E-state index contributed by atoms with van der Waals surface area (Å²) in [7, 11) is -3.42. The Morgan fingerprint density at radius 1 is 0.979 bits per heavy atom. The molecule has 0 spiro atoms. The summed E-state index contributed by atoms with van der Waals surface area (Å²) in [5.74, 6) is -0.716. The SMILES string of the molecule is CCC(F)(F)OCC1CCC(c2ccc(C(F)(F)F)cc2)CN1c1ccc(C(=O)N[C@H](CC#N)c2ccc(S(=O)(=O)CC)cc2)cc1. The summed E-state index contributed by atoms with van der Waals surface area (Å²) in [4.78, 5) is 15.2. The predicted octanol–water partition coefficient (Wildman–Crippen LogP) is 7.66. The average molecular weight is 678 g/mol. The number of nitriles is 1. The molecule has 1 aliphatic heterocycles. The maximum Gasteiger partial charge on any atom is 0.416 e. The van der Waals surface area contributed by atoms with Crippen molar-refractivity contribution in [3.05, 3.63) is 95.1 Å². The van der Waals surface area contributed by atoms with Crippen molar-refractivity contribution in [1.29, 1.82) is 5.26 Å². The summed E-state index contributed by atoms with van der Waals surface area (Å²) in [5.41, 5.74) is 1.38. The number of piperidine rings is 1. The van der Waals surface area contributed by atoms with Crippen molar-refractivity contribution in [2.45, 2.75) is 74.7 Å². The summed E-state index contributed by atoms with van der Waals surface area (Å²) < 4.78 is 96.6. The van der Waals surface area contributed by atoms with Gasteiger partial charge >= 0.3 is 12.3 Å². The normalized spacial score (nSPS) is 18.0. The van der Waals surface area contributed by atoms with E-state index in [0.29, 0.717) is 36.2 Å². The number of hydrogen-bond donors (Lipinski definition) is 1. The number of amides is 1. The van der Waals surface area contributed by atoms with Crippen LogP contribution < -0.4 is 10.2 Å². The third kappa shape index (κ3) is 9.08. The van der Waals surface area contributed by atoms with Gasteiger partial charge in [0.2, 0.25) is 0 Å². The number of carbonyl (C=O) groups excluding carboxylic acids is 1. The molecule has 0 aliphatic carbocycles. The number of rotatable bonds is 12. The monoisotopic (exact) mass is 677 g/mol. The molecule has 0 radical (unpaired) electrons. The molecule has 47 heavy (non-hydrogen) atoms. The fourth-order valence-electron chi connectivity index (χ4n) is 5.52. The van der Waals surface area contributed by atoms with Crippen LogP contribution in [-0.2, 0) is 20.8 Å². The quantitative estimate of drug-likeness (QED) is 0.198. The van der Waals surface area contributed by atoms with Gasteiger partial charge in [-0.3, -0.25) is 4.79 Å². The largest absolute Gasteiger partial charge is 0.416 e. The first kappa shape index (κ1) is 35.8. The lowest BCUT2D eigenvalue weighted by Gasteiger charge is -2.42.